The zero-order valence-electron chi connectivity index (χ0n) is 10.4. The summed E-state index contributed by atoms with van der Waals surface area (Å²) >= 11 is 0. The Bertz CT molecular complexity index is 624. The van der Waals surface area contributed by atoms with E-state index in [9.17, 15) is 14.7 Å². The van der Waals surface area contributed by atoms with Crippen LogP contribution in [0.2, 0.25) is 0 Å². The molecule has 0 spiro atoms. The Kier molecular flexibility index (Phi) is 3.87. The van der Waals surface area contributed by atoms with Crippen LogP contribution in [0.5, 0.6) is 0 Å². The number of aliphatic hydroxyl groups is 1. The number of fused-ring (bicyclic) bond motifs is 1. The Morgan fingerprint density at radius 1 is 1.26 bits per heavy atom. The van der Waals surface area contributed by atoms with Crippen LogP contribution in [0.4, 0.5) is 0 Å². The van der Waals surface area contributed by atoms with Crippen molar-refractivity contribution in [1.29, 1.82) is 0 Å². The molecule has 0 aliphatic heterocycles. The first-order valence-corrected chi connectivity index (χ1v) is 5.76. The number of rotatable bonds is 4. The van der Waals surface area contributed by atoms with Crippen LogP contribution in [0.25, 0.3) is 10.9 Å². The van der Waals surface area contributed by atoms with Crippen LogP contribution in [0.1, 0.15) is 16.9 Å². The second kappa shape index (κ2) is 5.58. The number of ether oxygens (including phenoxy) is 1. The Morgan fingerprint density at radius 2 is 2.00 bits per heavy atom. The number of carbonyl (C=O) groups is 2. The summed E-state index contributed by atoms with van der Waals surface area (Å²) in [6.07, 6.45) is -1.79. The zero-order valence-corrected chi connectivity index (χ0v) is 10.4. The summed E-state index contributed by atoms with van der Waals surface area (Å²) in [5, 5.41) is 10.4. The van der Waals surface area contributed by atoms with Gasteiger partial charge in [-0.05, 0) is 12.1 Å². The van der Waals surface area contributed by atoms with E-state index in [4.69, 9.17) is 0 Å². The van der Waals surface area contributed by atoms with Crippen molar-refractivity contribution in [3.05, 3.63) is 42.1 Å². The van der Waals surface area contributed by atoms with E-state index in [1.807, 2.05) is 18.2 Å². The van der Waals surface area contributed by atoms with Gasteiger partial charge in [-0.15, -0.1) is 0 Å². The molecular weight excluding hydrogens is 246 g/mol. The first-order valence-electron chi connectivity index (χ1n) is 5.76. The fourth-order valence-electron chi connectivity index (χ4n) is 1.72. The van der Waals surface area contributed by atoms with E-state index in [2.05, 4.69) is 9.72 Å². The number of carbonyl (C=O) groups excluding carboxylic acids is 2. The number of aliphatic hydroxyl groups excluding tert-OH is 1. The van der Waals surface area contributed by atoms with Crippen molar-refractivity contribution in [2.75, 3.05) is 7.11 Å². The van der Waals surface area contributed by atoms with E-state index in [0.717, 1.165) is 12.5 Å². The third-order valence-corrected chi connectivity index (χ3v) is 2.74. The summed E-state index contributed by atoms with van der Waals surface area (Å²) < 4.78 is 4.36. The van der Waals surface area contributed by atoms with Gasteiger partial charge in [-0.1, -0.05) is 24.3 Å². The van der Waals surface area contributed by atoms with Gasteiger partial charge < -0.3 is 9.84 Å². The standard InChI is InChI=1S/C14H13NO4/c1-19-14(18)13(17)8-12(16)11-7-6-9-4-2-3-5-10(9)15-11/h2-7,13,17H,8H2,1H3. The molecule has 1 atom stereocenters. The van der Waals surface area contributed by atoms with E-state index < -0.39 is 17.9 Å². The Morgan fingerprint density at radius 3 is 2.74 bits per heavy atom. The van der Waals surface area contributed by atoms with Gasteiger partial charge in [0.1, 0.15) is 5.69 Å². The van der Waals surface area contributed by atoms with Gasteiger partial charge >= 0.3 is 5.97 Å². The number of hydrogen-bond acceptors (Lipinski definition) is 5. The first-order chi connectivity index (χ1) is 9.11. The fraction of sp³-hybridized carbons (Fsp3) is 0.214. The van der Waals surface area contributed by atoms with Crippen LogP contribution in [0.3, 0.4) is 0 Å². The lowest BCUT2D eigenvalue weighted by molar-refractivity contribution is -0.150. The van der Waals surface area contributed by atoms with E-state index in [1.54, 1.807) is 18.2 Å². The fourth-order valence-corrected chi connectivity index (χ4v) is 1.72. The van der Waals surface area contributed by atoms with E-state index in [0.29, 0.717) is 5.52 Å². The van der Waals surface area contributed by atoms with Crippen molar-refractivity contribution in [1.82, 2.24) is 4.98 Å². The summed E-state index contributed by atoms with van der Waals surface area (Å²) in [6, 6.07) is 10.7. The van der Waals surface area contributed by atoms with Crippen LogP contribution in [-0.4, -0.2) is 35.1 Å². The number of Topliss-reactive ketones (excluding diaryl/α,β-unsaturated/α-hetero) is 1. The summed E-state index contributed by atoms with van der Waals surface area (Å²) in [4.78, 5) is 27.1. The molecule has 1 heterocycles. The van der Waals surface area contributed by atoms with Crippen LogP contribution in [0.15, 0.2) is 36.4 Å². The monoisotopic (exact) mass is 259 g/mol. The second-order valence-corrected chi connectivity index (χ2v) is 4.06. The van der Waals surface area contributed by atoms with E-state index in [1.165, 1.54) is 0 Å². The van der Waals surface area contributed by atoms with Crippen molar-refractivity contribution in [2.45, 2.75) is 12.5 Å². The molecular formula is C14H13NO4. The number of methoxy groups -OCH3 is 1. The minimum atomic E-state index is -1.45. The molecule has 1 aromatic carbocycles. The quantitative estimate of drug-likeness (QED) is 0.662. The van der Waals surface area contributed by atoms with Crippen molar-refractivity contribution < 1.29 is 19.4 Å². The van der Waals surface area contributed by atoms with Crippen molar-refractivity contribution in [2.24, 2.45) is 0 Å². The smallest absolute Gasteiger partial charge is 0.335 e. The minimum Gasteiger partial charge on any atom is -0.467 e. The maximum Gasteiger partial charge on any atom is 0.335 e. The average molecular weight is 259 g/mol. The maximum absolute atomic E-state index is 11.9. The van der Waals surface area contributed by atoms with Crippen LogP contribution >= 0.6 is 0 Å². The van der Waals surface area contributed by atoms with Gasteiger partial charge in [0, 0.05) is 11.8 Å². The molecule has 0 saturated carbocycles. The molecule has 1 aromatic heterocycles. The molecule has 0 aliphatic carbocycles. The third kappa shape index (κ3) is 2.95. The molecule has 5 heteroatoms. The van der Waals surface area contributed by atoms with Crippen LogP contribution < -0.4 is 0 Å². The van der Waals surface area contributed by atoms with Crippen molar-refractivity contribution in [3.63, 3.8) is 0 Å². The lowest BCUT2D eigenvalue weighted by atomic mass is 10.1. The molecule has 5 nitrogen and oxygen atoms in total. The van der Waals surface area contributed by atoms with Gasteiger partial charge in [-0.2, -0.15) is 0 Å². The molecule has 0 radical (unpaired) electrons. The summed E-state index contributed by atoms with van der Waals surface area (Å²) in [5.74, 6) is -1.22. The number of aromatic nitrogens is 1. The topological polar surface area (TPSA) is 76.5 Å². The highest BCUT2D eigenvalue weighted by atomic mass is 16.5. The Labute approximate surface area is 109 Å². The summed E-state index contributed by atoms with van der Waals surface area (Å²) in [6.45, 7) is 0. The SMILES string of the molecule is COC(=O)C(O)CC(=O)c1ccc2ccccc2n1. The number of benzene rings is 1. The molecule has 98 valence electrons. The lowest BCUT2D eigenvalue weighted by Gasteiger charge is -2.07. The van der Waals surface area contributed by atoms with Gasteiger partial charge in [0.25, 0.3) is 0 Å². The molecule has 0 saturated heterocycles. The predicted octanol–water partition coefficient (Wildman–Crippen LogP) is 1.34. The van der Waals surface area contributed by atoms with E-state index >= 15 is 0 Å². The molecule has 2 rings (SSSR count). The highest BCUT2D eigenvalue weighted by molar-refractivity contribution is 5.98. The van der Waals surface area contributed by atoms with Gasteiger partial charge in [0.15, 0.2) is 11.9 Å². The number of para-hydroxylation sites is 1. The normalized spacial score (nSPS) is 12.1. The molecule has 0 bridgehead atoms. The van der Waals surface area contributed by atoms with E-state index in [-0.39, 0.29) is 12.1 Å². The highest BCUT2D eigenvalue weighted by Gasteiger charge is 2.21. The zero-order chi connectivity index (χ0) is 13.8. The average Bonchev–Trinajstić information content (AvgIpc) is 2.45. The van der Waals surface area contributed by atoms with Gasteiger partial charge in [0.2, 0.25) is 0 Å². The number of esters is 1. The summed E-state index contributed by atoms with van der Waals surface area (Å²) in [7, 11) is 1.16. The van der Waals surface area contributed by atoms with Gasteiger partial charge in [-0.3, -0.25) is 4.79 Å². The lowest BCUT2D eigenvalue weighted by Crippen LogP contribution is -2.25. The molecule has 0 amide bonds. The predicted molar refractivity (Wildman–Crippen MR) is 68.7 cm³/mol. The van der Waals surface area contributed by atoms with Crippen molar-refractivity contribution in [3.8, 4) is 0 Å². The van der Waals surface area contributed by atoms with Crippen molar-refractivity contribution >= 4 is 22.7 Å². The first kappa shape index (κ1) is 13.2. The number of hydrogen-bond donors (Lipinski definition) is 1. The highest BCUT2D eigenvalue weighted by Crippen LogP contribution is 2.13. The van der Waals surface area contributed by atoms with Crippen LogP contribution in [-0.2, 0) is 9.53 Å². The van der Waals surface area contributed by atoms with Gasteiger partial charge in [-0.25, -0.2) is 9.78 Å². The number of ketones is 1. The molecule has 1 unspecified atom stereocenters. The third-order valence-electron chi connectivity index (χ3n) is 2.74. The second-order valence-electron chi connectivity index (χ2n) is 4.06. The summed E-state index contributed by atoms with van der Waals surface area (Å²) in [5.41, 5.74) is 0.919. The minimum absolute atomic E-state index is 0.224. The number of nitrogens with zero attached hydrogens (tertiary/aromatic N) is 1. The maximum atomic E-state index is 11.9. The largest absolute Gasteiger partial charge is 0.467 e. The molecule has 19 heavy (non-hydrogen) atoms. The molecule has 0 aliphatic rings. The Balaban J connectivity index is 2.19. The number of pyridine rings is 1. The van der Waals surface area contributed by atoms with Gasteiger partial charge in [0.05, 0.1) is 12.6 Å². The van der Waals surface area contributed by atoms with Crippen LogP contribution in [0, 0.1) is 0 Å². The Hall–Kier alpha value is -2.27. The molecule has 1 N–H and O–H groups in total. The molecule has 0 fully saturated rings. The molecule has 2 aromatic rings.